The van der Waals surface area contributed by atoms with Crippen LogP contribution >= 0.6 is 0 Å². The number of nitrogens with zero attached hydrogens (tertiary/aromatic N) is 1. The third-order valence-electron chi connectivity index (χ3n) is 2.24. The molecule has 0 unspecified atom stereocenters. The fraction of sp³-hybridized carbons (Fsp3) is 0.154. The molecule has 1 aromatic carbocycles. The van der Waals surface area contributed by atoms with E-state index in [9.17, 15) is 4.39 Å². The van der Waals surface area contributed by atoms with Crippen LogP contribution in [0, 0.1) is 19.7 Å². The Bertz CT molecular complexity index is 471. The van der Waals surface area contributed by atoms with Gasteiger partial charge in [0.15, 0.2) is 0 Å². The summed E-state index contributed by atoms with van der Waals surface area (Å²) in [6, 6.07) is 10.5. The lowest BCUT2D eigenvalue weighted by molar-refractivity contribution is 0.628. The number of hydrogen-bond acceptors (Lipinski definition) is 1. The molecule has 0 fully saturated rings. The van der Waals surface area contributed by atoms with Crippen molar-refractivity contribution >= 4 is 0 Å². The average molecular weight is 201 g/mol. The van der Waals surface area contributed by atoms with E-state index in [1.807, 2.05) is 32.0 Å². The van der Waals surface area contributed by atoms with E-state index in [1.165, 1.54) is 12.1 Å². The number of aryl methyl sites for hydroxylation is 2. The van der Waals surface area contributed by atoms with Gasteiger partial charge in [0, 0.05) is 11.4 Å². The van der Waals surface area contributed by atoms with Gasteiger partial charge in [0.1, 0.15) is 5.82 Å². The van der Waals surface area contributed by atoms with Crippen LogP contribution in [0.1, 0.15) is 11.4 Å². The van der Waals surface area contributed by atoms with Crippen LogP contribution in [0.2, 0.25) is 0 Å². The molecule has 0 aliphatic heterocycles. The maximum atomic E-state index is 13.0. The quantitative estimate of drug-likeness (QED) is 0.688. The van der Waals surface area contributed by atoms with Crippen molar-refractivity contribution in [3.8, 4) is 11.1 Å². The molecule has 0 saturated carbocycles. The highest BCUT2D eigenvalue weighted by Gasteiger charge is 2.01. The summed E-state index contributed by atoms with van der Waals surface area (Å²) in [6.07, 6.45) is 0. The average Bonchev–Trinajstić information content (AvgIpc) is 2.16. The molecule has 2 heteroatoms. The van der Waals surface area contributed by atoms with Gasteiger partial charge in [0.2, 0.25) is 0 Å². The van der Waals surface area contributed by atoms with E-state index in [2.05, 4.69) is 4.98 Å². The van der Waals surface area contributed by atoms with Gasteiger partial charge < -0.3 is 0 Å². The highest BCUT2D eigenvalue weighted by atomic mass is 19.1. The number of aromatic nitrogens is 1. The molecule has 0 aliphatic carbocycles. The van der Waals surface area contributed by atoms with Crippen molar-refractivity contribution in [3.63, 3.8) is 0 Å². The Morgan fingerprint density at radius 1 is 0.933 bits per heavy atom. The molecule has 0 radical (unpaired) electrons. The van der Waals surface area contributed by atoms with Crippen molar-refractivity contribution in [2.45, 2.75) is 13.8 Å². The molecule has 0 saturated heterocycles. The molecule has 2 aromatic rings. The molecule has 2 rings (SSSR count). The van der Waals surface area contributed by atoms with Crippen LogP contribution in [0.3, 0.4) is 0 Å². The zero-order valence-corrected chi connectivity index (χ0v) is 8.79. The Hall–Kier alpha value is -1.70. The Morgan fingerprint density at radius 3 is 2.20 bits per heavy atom. The van der Waals surface area contributed by atoms with Crippen molar-refractivity contribution in [1.29, 1.82) is 0 Å². The largest absolute Gasteiger partial charge is 0.258 e. The second-order valence-electron chi connectivity index (χ2n) is 3.65. The number of rotatable bonds is 1. The van der Waals surface area contributed by atoms with Gasteiger partial charge in [-0.3, -0.25) is 4.98 Å². The first-order valence-corrected chi connectivity index (χ1v) is 4.86. The van der Waals surface area contributed by atoms with Gasteiger partial charge in [-0.1, -0.05) is 12.1 Å². The van der Waals surface area contributed by atoms with Gasteiger partial charge in [0.05, 0.1) is 0 Å². The van der Waals surface area contributed by atoms with E-state index in [4.69, 9.17) is 0 Å². The topological polar surface area (TPSA) is 12.9 Å². The third-order valence-corrected chi connectivity index (χ3v) is 2.24. The lowest BCUT2D eigenvalue weighted by atomic mass is 10.1. The molecule has 0 bridgehead atoms. The lowest BCUT2D eigenvalue weighted by Gasteiger charge is -2.04. The molecule has 1 heterocycles. The maximum absolute atomic E-state index is 13.0. The molecule has 15 heavy (non-hydrogen) atoms. The standard InChI is InChI=1S/C13H12FN/c1-9-6-12(7-10(2)15-9)11-4-3-5-13(14)8-11/h3-8H,1-2H3. The first-order chi connectivity index (χ1) is 7.15. The molecule has 0 N–H and O–H groups in total. The smallest absolute Gasteiger partial charge is 0.123 e. The normalized spacial score (nSPS) is 10.3. The van der Waals surface area contributed by atoms with Gasteiger partial charge in [0.25, 0.3) is 0 Å². The molecular formula is C13H12FN. The second kappa shape index (κ2) is 3.81. The van der Waals surface area contributed by atoms with Crippen molar-refractivity contribution in [2.75, 3.05) is 0 Å². The van der Waals surface area contributed by atoms with Crippen LogP contribution in [0.4, 0.5) is 4.39 Å². The van der Waals surface area contributed by atoms with E-state index in [0.29, 0.717) is 0 Å². The number of pyridine rings is 1. The molecule has 0 spiro atoms. The van der Waals surface area contributed by atoms with Crippen LogP contribution < -0.4 is 0 Å². The van der Waals surface area contributed by atoms with Crippen molar-refractivity contribution in [2.24, 2.45) is 0 Å². The van der Waals surface area contributed by atoms with Gasteiger partial charge in [-0.25, -0.2) is 4.39 Å². The molecule has 0 aliphatic rings. The Balaban J connectivity index is 2.54. The lowest BCUT2D eigenvalue weighted by Crippen LogP contribution is -1.88. The number of benzene rings is 1. The highest BCUT2D eigenvalue weighted by Crippen LogP contribution is 2.21. The predicted molar refractivity (Wildman–Crippen MR) is 59.1 cm³/mol. The fourth-order valence-corrected chi connectivity index (χ4v) is 1.67. The van der Waals surface area contributed by atoms with Gasteiger partial charge in [-0.2, -0.15) is 0 Å². The zero-order valence-electron chi connectivity index (χ0n) is 8.79. The predicted octanol–water partition coefficient (Wildman–Crippen LogP) is 3.50. The summed E-state index contributed by atoms with van der Waals surface area (Å²) in [4.78, 5) is 4.29. The Morgan fingerprint density at radius 2 is 1.60 bits per heavy atom. The highest BCUT2D eigenvalue weighted by molar-refractivity contribution is 5.64. The monoisotopic (exact) mass is 201 g/mol. The van der Waals surface area contributed by atoms with E-state index in [-0.39, 0.29) is 5.82 Å². The zero-order chi connectivity index (χ0) is 10.8. The molecule has 1 nitrogen and oxygen atoms in total. The summed E-state index contributed by atoms with van der Waals surface area (Å²) in [6.45, 7) is 3.88. The first kappa shape index (κ1) is 9.84. The summed E-state index contributed by atoms with van der Waals surface area (Å²) in [5.74, 6) is -0.209. The minimum absolute atomic E-state index is 0.209. The molecule has 1 aromatic heterocycles. The van der Waals surface area contributed by atoms with Crippen LogP contribution in [0.25, 0.3) is 11.1 Å². The third kappa shape index (κ3) is 2.21. The van der Waals surface area contributed by atoms with Crippen molar-refractivity contribution < 1.29 is 4.39 Å². The Labute approximate surface area is 88.6 Å². The van der Waals surface area contributed by atoms with Crippen LogP contribution in [0.5, 0.6) is 0 Å². The van der Waals surface area contributed by atoms with Crippen LogP contribution in [-0.2, 0) is 0 Å². The van der Waals surface area contributed by atoms with Gasteiger partial charge >= 0.3 is 0 Å². The van der Waals surface area contributed by atoms with E-state index < -0.39 is 0 Å². The van der Waals surface area contributed by atoms with E-state index in [0.717, 1.165) is 22.5 Å². The maximum Gasteiger partial charge on any atom is 0.123 e. The summed E-state index contributed by atoms with van der Waals surface area (Å²) < 4.78 is 13.0. The molecule has 0 atom stereocenters. The summed E-state index contributed by atoms with van der Waals surface area (Å²) >= 11 is 0. The van der Waals surface area contributed by atoms with Crippen molar-refractivity contribution in [1.82, 2.24) is 4.98 Å². The minimum atomic E-state index is -0.209. The summed E-state index contributed by atoms with van der Waals surface area (Å²) in [5, 5.41) is 0. The molecule has 0 amide bonds. The van der Waals surface area contributed by atoms with E-state index in [1.54, 1.807) is 6.07 Å². The second-order valence-corrected chi connectivity index (χ2v) is 3.65. The summed E-state index contributed by atoms with van der Waals surface area (Å²) in [7, 11) is 0. The van der Waals surface area contributed by atoms with Gasteiger partial charge in [-0.05, 0) is 49.2 Å². The van der Waals surface area contributed by atoms with Gasteiger partial charge in [-0.15, -0.1) is 0 Å². The van der Waals surface area contributed by atoms with Crippen molar-refractivity contribution in [3.05, 3.63) is 53.6 Å². The van der Waals surface area contributed by atoms with E-state index >= 15 is 0 Å². The fourth-order valence-electron chi connectivity index (χ4n) is 1.67. The summed E-state index contributed by atoms with van der Waals surface area (Å²) in [5.41, 5.74) is 3.81. The minimum Gasteiger partial charge on any atom is -0.258 e. The first-order valence-electron chi connectivity index (χ1n) is 4.86. The van der Waals surface area contributed by atoms with Crippen LogP contribution in [0.15, 0.2) is 36.4 Å². The Kier molecular flexibility index (Phi) is 2.50. The molecular weight excluding hydrogens is 189 g/mol. The molecule has 76 valence electrons. The SMILES string of the molecule is Cc1cc(-c2cccc(F)c2)cc(C)n1. The van der Waals surface area contributed by atoms with Crippen LogP contribution in [-0.4, -0.2) is 4.98 Å². The number of hydrogen-bond donors (Lipinski definition) is 0. The number of halogens is 1.